The van der Waals surface area contributed by atoms with Gasteiger partial charge in [-0.1, -0.05) is 49.6 Å². The molecule has 20 heavy (non-hydrogen) atoms. The van der Waals surface area contributed by atoms with Gasteiger partial charge >= 0.3 is 0 Å². The second-order valence-electron chi connectivity index (χ2n) is 6.72. The minimum atomic E-state index is -0.459. The van der Waals surface area contributed by atoms with Crippen LogP contribution in [0.1, 0.15) is 63.5 Å². The zero-order valence-electron chi connectivity index (χ0n) is 12.5. The van der Waals surface area contributed by atoms with Crippen molar-refractivity contribution in [1.29, 1.82) is 0 Å². The van der Waals surface area contributed by atoms with Crippen LogP contribution < -0.4 is 5.32 Å². The van der Waals surface area contributed by atoms with E-state index in [1.165, 1.54) is 37.7 Å². The Balaban J connectivity index is 1.72. The Morgan fingerprint density at radius 3 is 2.65 bits per heavy atom. The molecular formula is C18H27NO. The third-order valence-corrected chi connectivity index (χ3v) is 5.49. The van der Waals surface area contributed by atoms with Gasteiger partial charge in [-0.2, -0.15) is 0 Å². The maximum Gasteiger partial charge on any atom is 0.0828 e. The van der Waals surface area contributed by atoms with E-state index in [4.69, 9.17) is 0 Å². The molecular weight excluding hydrogens is 246 g/mol. The number of hydrogen-bond donors (Lipinski definition) is 2. The zero-order chi connectivity index (χ0) is 14.0. The molecule has 0 aromatic heterocycles. The van der Waals surface area contributed by atoms with Gasteiger partial charge in [0.15, 0.2) is 0 Å². The van der Waals surface area contributed by atoms with Crippen LogP contribution in [0.25, 0.3) is 0 Å². The lowest BCUT2D eigenvalue weighted by Crippen LogP contribution is -2.59. The van der Waals surface area contributed by atoms with E-state index in [1.54, 1.807) is 0 Å². The molecule has 3 unspecified atom stereocenters. The van der Waals surface area contributed by atoms with E-state index in [2.05, 4.69) is 42.6 Å². The molecule has 2 aliphatic rings. The Labute approximate surface area is 122 Å². The molecule has 2 aliphatic carbocycles. The van der Waals surface area contributed by atoms with Gasteiger partial charge in [0.25, 0.3) is 0 Å². The molecule has 2 heteroatoms. The van der Waals surface area contributed by atoms with Crippen molar-refractivity contribution in [2.75, 3.05) is 0 Å². The third-order valence-electron chi connectivity index (χ3n) is 5.49. The SMILES string of the molecule is CC(N[C@H]1CCCC2CCCCC21O)c1ccccc1. The Hall–Kier alpha value is -0.860. The molecule has 1 aromatic rings. The highest BCUT2D eigenvalue weighted by Gasteiger charge is 2.47. The van der Waals surface area contributed by atoms with E-state index in [1.807, 2.05) is 0 Å². The van der Waals surface area contributed by atoms with Crippen molar-refractivity contribution in [3.05, 3.63) is 35.9 Å². The van der Waals surface area contributed by atoms with Crippen LogP contribution in [0.2, 0.25) is 0 Å². The summed E-state index contributed by atoms with van der Waals surface area (Å²) in [5.41, 5.74) is 0.855. The summed E-state index contributed by atoms with van der Waals surface area (Å²) >= 11 is 0. The van der Waals surface area contributed by atoms with E-state index >= 15 is 0 Å². The van der Waals surface area contributed by atoms with Crippen molar-refractivity contribution in [1.82, 2.24) is 5.32 Å². The largest absolute Gasteiger partial charge is 0.388 e. The van der Waals surface area contributed by atoms with Gasteiger partial charge in [-0.25, -0.2) is 0 Å². The van der Waals surface area contributed by atoms with E-state index in [9.17, 15) is 5.11 Å². The Morgan fingerprint density at radius 2 is 1.85 bits per heavy atom. The molecule has 110 valence electrons. The standard InChI is InChI=1S/C18H27NO/c1-14(15-8-3-2-4-9-15)19-17-12-7-11-16-10-5-6-13-18(16,17)20/h2-4,8-9,14,16-17,19-20H,5-7,10-13H2,1H3/t14?,16?,17-,18?/m0/s1. The third kappa shape index (κ3) is 2.64. The predicted molar refractivity (Wildman–Crippen MR) is 82.5 cm³/mol. The molecule has 0 amide bonds. The number of benzene rings is 1. The van der Waals surface area contributed by atoms with Crippen molar-refractivity contribution in [2.24, 2.45) is 5.92 Å². The van der Waals surface area contributed by atoms with E-state index < -0.39 is 5.60 Å². The van der Waals surface area contributed by atoms with Crippen LogP contribution in [0, 0.1) is 5.92 Å². The van der Waals surface area contributed by atoms with Crippen molar-refractivity contribution >= 4 is 0 Å². The molecule has 4 atom stereocenters. The average Bonchev–Trinajstić information content (AvgIpc) is 2.49. The van der Waals surface area contributed by atoms with Gasteiger partial charge in [0.05, 0.1) is 5.60 Å². The van der Waals surface area contributed by atoms with E-state index in [0.717, 1.165) is 12.8 Å². The molecule has 2 fully saturated rings. The minimum Gasteiger partial charge on any atom is -0.388 e. The van der Waals surface area contributed by atoms with E-state index in [-0.39, 0.29) is 6.04 Å². The molecule has 0 heterocycles. The van der Waals surface area contributed by atoms with Gasteiger partial charge in [-0.05, 0) is 44.1 Å². The van der Waals surface area contributed by atoms with Crippen LogP contribution in [0.3, 0.4) is 0 Å². The first-order valence-corrected chi connectivity index (χ1v) is 8.23. The highest BCUT2D eigenvalue weighted by Crippen LogP contribution is 2.44. The zero-order valence-corrected chi connectivity index (χ0v) is 12.5. The van der Waals surface area contributed by atoms with Crippen molar-refractivity contribution < 1.29 is 5.11 Å². The monoisotopic (exact) mass is 273 g/mol. The number of rotatable bonds is 3. The molecule has 3 rings (SSSR count). The Bertz CT molecular complexity index is 430. The summed E-state index contributed by atoms with van der Waals surface area (Å²) in [5.74, 6) is 0.519. The summed E-state index contributed by atoms with van der Waals surface area (Å²) in [4.78, 5) is 0. The van der Waals surface area contributed by atoms with Crippen molar-refractivity contribution in [3.63, 3.8) is 0 Å². The summed E-state index contributed by atoms with van der Waals surface area (Å²) in [6, 6.07) is 11.1. The van der Waals surface area contributed by atoms with Gasteiger partial charge in [0.1, 0.15) is 0 Å². The Morgan fingerprint density at radius 1 is 1.10 bits per heavy atom. The fraction of sp³-hybridized carbons (Fsp3) is 0.667. The minimum absolute atomic E-state index is 0.261. The molecule has 0 aliphatic heterocycles. The second-order valence-corrected chi connectivity index (χ2v) is 6.72. The molecule has 0 radical (unpaired) electrons. The number of aliphatic hydroxyl groups is 1. The first-order valence-electron chi connectivity index (χ1n) is 8.23. The van der Waals surface area contributed by atoms with Crippen LogP contribution in [0.5, 0.6) is 0 Å². The molecule has 2 saturated carbocycles. The van der Waals surface area contributed by atoms with Crippen LogP contribution in [0.4, 0.5) is 0 Å². The number of fused-ring (bicyclic) bond motifs is 1. The molecule has 2 nitrogen and oxygen atoms in total. The lowest BCUT2D eigenvalue weighted by molar-refractivity contribution is -0.101. The second kappa shape index (κ2) is 5.87. The van der Waals surface area contributed by atoms with Crippen molar-refractivity contribution in [3.8, 4) is 0 Å². The smallest absolute Gasteiger partial charge is 0.0828 e. The van der Waals surface area contributed by atoms with Crippen LogP contribution in [0.15, 0.2) is 30.3 Å². The maximum atomic E-state index is 11.2. The van der Waals surface area contributed by atoms with Gasteiger partial charge in [0, 0.05) is 12.1 Å². The molecule has 0 spiro atoms. The van der Waals surface area contributed by atoms with Crippen LogP contribution in [-0.2, 0) is 0 Å². The first-order chi connectivity index (χ1) is 9.70. The fourth-order valence-corrected chi connectivity index (χ4v) is 4.29. The van der Waals surface area contributed by atoms with Crippen molar-refractivity contribution in [2.45, 2.75) is 69.6 Å². The topological polar surface area (TPSA) is 32.3 Å². The number of nitrogens with one attached hydrogen (secondary N) is 1. The van der Waals surface area contributed by atoms with Crippen LogP contribution >= 0.6 is 0 Å². The highest BCUT2D eigenvalue weighted by atomic mass is 16.3. The van der Waals surface area contributed by atoms with Gasteiger partial charge in [-0.15, -0.1) is 0 Å². The normalized spacial score (nSPS) is 35.3. The summed E-state index contributed by atoms with van der Waals surface area (Å²) in [6.45, 7) is 2.21. The van der Waals surface area contributed by atoms with Gasteiger partial charge in [0.2, 0.25) is 0 Å². The summed E-state index contributed by atoms with van der Waals surface area (Å²) < 4.78 is 0. The maximum absolute atomic E-state index is 11.2. The molecule has 2 N–H and O–H groups in total. The Kier molecular flexibility index (Phi) is 4.13. The summed E-state index contributed by atoms with van der Waals surface area (Å²) in [5, 5.41) is 14.9. The van der Waals surface area contributed by atoms with Crippen LogP contribution in [-0.4, -0.2) is 16.7 Å². The lowest BCUT2D eigenvalue weighted by Gasteiger charge is -2.50. The average molecular weight is 273 g/mol. The predicted octanol–water partition coefficient (Wildman–Crippen LogP) is 3.81. The van der Waals surface area contributed by atoms with Gasteiger partial charge in [-0.3, -0.25) is 0 Å². The summed E-state index contributed by atoms with van der Waals surface area (Å²) in [6.07, 6.45) is 8.27. The fourth-order valence-electron chi connectivity index (χ4n) is 4.29. The van der Waals surface area contributed by atoms with E-state index in [0.29, 0.717) is 12.0 Å². The quantitative estimate of drug-likeness (QED) is 0.877. The van der Waals surface area contributed by atoms with Gasteiger partial charge < -0.3 is 10.4 Å². The lowest BCUT2D eigenvalue weighted by atomic mass is 9.64. The number of hydrogen-bond acceptors (Lipinski definition) is 2. The first kappa shape index (κ1) is 14.1. The molecule has 0 saturated heterocycles. The summed E-state index contributed by atoms with van der Waals surface area (Å²) in [7, 11) is 0. The molecule has 0 bridgehead atoms. The molecule has 1 aromatic carbocycles. The highest BCUT2D eigenvalue weighted by molar-refractivity contribution is 5.19.